The lowest BCUT2D eigenvalue weighted by molar-refractivity contribution is -0.122. The minimum atomic E-state index is -1.94. The molecule has 0 aliphatic heterocycles. The average molecular weight is 394 g/mol. The van der Waals surface area contributed by atoms with Gasteiger partial charge in [-0.2, -0.15) is 0 Å². The molecular weight excluding hydrogens is 385 g/mol. The molecule has 116 valence electrons. The molecular formula is C10H9Cl4FN4OS. The fraction of sp³-hybridized carbons (Fsp3) is 0.300. The van der Waals surface area contributed by atoms with Gasteiger partial charge in [-0.3, -0.25) is 4.79 Å². The molecule has 5 nitrogen and oxygen atoms in total. The van der Waals surface area contributed by atoms with Gasteiger partial charge in [-0.25, -0.2) is 9.37 Å². The van der Waals surface area contributed by atoms with Crippen molar-refractivity contribution in [2.24, 2.45) is 0 Å². The number of amides is 1. The number of halogens is 5. The maximum atomic E-state index is 12.2. The molecule has 0 fully saturated rings. The summed E-state index contributed by atoms with van der Waals surface area (Å²) >= 11 is 27.7. The lowest BCUT2D eigenvalue weighted by Gasteiger charge is -2.27. The van der Waals surface area contributed by atoms with Crippen LogP contribution in [0.3, 0.4) is 0 Å². The fourth-order valence-electron chi connectivity index (χ4n) is 1.13. The molecule has 1 rings (SSSR count). The van der Waals surface area contributed by atoms with Crippen molar-refractivity contribution in [3.05, 3.63) is 23.4 Å². The Morgan fingerprint density at radius 3 is 2.52 bits per heavy atom. The second-order valence-corrected chi connectivity index (χ2v) is 6.85. The van der Waals surface area contributed by atoms with E-state index in [-0.39, 0.29) is 5.11 Å². The zero-order valence-corrected chi connectivity index (χ0v) is 14.0. The van der Waals surface area contributed by atoms with Crippen LogP contribution in [0.25, 0.3) is 0 Å². The molecule has 21 heavy (non-hydrogen) atoms. The third kappa shape index (κ3) is 6.80. The molecule has 0 aromatic carbocycles. The van der Waals surface area contributed by atoms with Gasteiger partial charge in [0.25, 0.3) is 5.91 Å². The van der Waals surface area contributed by atoms with Gasteiger partial charge in [0.05, 0.1) is 5.02 Å². The number of thiocarbonyl (C=S) groups is 1. The van der Waals surface area contributed by atoms with E-state index in [4.69, 9.17) is 58.6 Å². The van der Waals surface area contributed by atoms with E-state index < -0.39 is 22.5 Å². The van der Waals surface area contributed by atoms with E-state index in [1.54, 1.807) is 12.1 Å². The Morgan fingerprint density at radius 1 is 1.38 bits per heavy atom. The normalized spacial score (nSPS) is 12.4. The van der Waals surface area contributed by atoms with E-state index in [0.29, 0.717) is 10.8 Å². The number of rotatable bonds is 4. The van der Waals surface area contributed by atoms with Crippen LogP contribution in [0.15, 0.2) is 18.3 Å². The number of alkyl halides is 4. The summed E-state index contributed by atoms with van der Waals surface area (Å²) in [6.45, 7) is -1.25. The van der Waals surface area contributed by atoms with Crippen LogP contribution in [-0.4, -0.2) is 32.6 Å². The summed E-state index contributed by atoms with van der Waals surface area (Å²) in [7, 11) is 0. The van der Waals surface area contributed by atoms with Gasteiger partial charge in [-0.05, 0) is 24.4 Å². The van der Waals surface area contributed by atoms with Crippen LogP contribution in [-0.2, 0) is 4.79 Å². The van der Waals surface area contributed by atoms with Gasteiger partial charge >= 0.3 is 0 Å². The van der Waals surface area contributed by atoms with Gasteiger partial charge in [0.15, 0.2) is 11.8 Å². The Morgan fingerprint density at radius 2 is 2.05 bits per heavy atom. The van der Waals surface area contributed by atoms with E-state index in [1.807, 2.05) is 0 Å². The Labute approximate surface area is 145 Å². The van der Waals surface area contributed by atoms with Gasteiger partial charge in [-0.1, -0.05) is 46.4 Å². The number of carbonyl (C=O) groups excluding carboxylic acids is 1. The van der Waals surface area contributed by atoms with Gasteiger partial charge in [-0.15, -0.1) is 0 Å². The van der Waals surface area contributed by atoms with E-state index in [2.05, 4.69) is 20.9 Å². The summed E-state index contributed by atoms with van der Waals surface area (Å²) in [4.78, 5) is 15.0. The van der Waals surface area contributed by atoms with Crippen molar-refractivity contribution in [2.75, 3.05) is 12.0 Å². The molecule has 0 saturated heterocycles. The van der Waals surface area contributed by atoms with Crippen LogP contribution in [0.2, 0.25) is 5.02 Å². The number of aromatic nitrogens is 1. The first kappa shape index (κ1) is 18.4. The molecule has 0 aliphatic carbocycles. The summed E-state index contributed by atoms with van der Waals surface area (Å²) in [5.74, 6) is -0.567. The number of pyridine rings is 1. The van der Waals surface area contributed by atoms with Crippen molar-refractivity contribution in [1.82, 2.24) is 15.6 Å². The van der Waals surface area contributed by atoms with Gasteiger partial charge in [0, 0.05) is 6.20 Å². The first-order chi connectivity index (χ1) is 9.72. The standard InChI is InChI=1S/C10H9Cl4FN4OS/c11-5-1-2-6(16-4-5)17-9(21)19-8(10(12,13)14)18-7(20)3-15/h1-2,4,8H,3H2,(H,18,20)(H2,16,17,19,21). The Kier molecular flexibility index (Phi) is 7.15. The Balaban J connectivity index is 2.67. The predicted octanol–water partition coefficient (Wildman–Crippen LogP) is 2.80. The topological polar surface area (TPSA) is 66.1 Å². The zero-order valence-electron chi connectivity index (χ0n) is 10.2. The van der Waals surface area contributed by atoms with Crippen molar-refractivity contribution < 1.29 is 9.18 Å². The highest BCUT2D eigenvalue weighted by Gasteiger charge is 2.34. The third-order valence-electron chi connectivity index (χ3n) is 2.00. The molecule has 1 atom stereocenters. The monoisotopic (exact) mass is 392 g/mol. The van der Waals surface area contributed by atoms with Crippen LogP contribution in [0, 0.1) is 0 Å². The van der Waals surface area contributed by atoms with E-state index >= 15 is 0 Å². The average Bonchev–Trinajstić information content (AvgIpc) is 2.39. The summed E-state index contributed by atoms with van der Waals surface area (Å²) in [6, 6.07) is 3.16. The number of nitrogens with one attached hydrogen (secondary N) is 3. The van der Waals surface area contributed by atoms with Crippen LogP contribution < -0.4 is 16.0 Å². The molecule has 0 saturated carbocycles. The van der Waals surface area contributed by atoms with Crippen molar-refractivity contribution in [3.63, 3.8) is 0 Å². The number of nitrogens with zero attached hydrogens (tertiary/aromatic N) is 1. The van der Waals surface area contributed by atoms with Gasteiger partial charge in [0.1, 0.15) is 12.0 Å². The Hall–Kier alpha value is -0.600. The molecule has 3 N–H and O–H groups in total. The molecule has 1 aromatic rings. The maximum absolute atomic E-state index is 12.2. The molecule has 0 aliphatic rings. The SMILES string of the molecule is O=C(CF)NC(NC(=S)Nc1ccc(Cl)cn1)C(Cl)(Cl)Cl. The molecule has 0 spiro atoms. The largest absolute Gasteiger partial charge is 0.339 e. The highest BCUT2D eigenvalue weighted by Crippen LogP contribution is 2.29. The van der Waals surface area contributed by atoms with E-state index in [0.717, 1.165) is 0 Å². The van der Waals surface area contributed by atoms with Crippen molar-refractivity contribution in [3.8, 4) is 0 Å². The summed E-state index contributed by atoms with van der Waals surface area (Å²) in [5, 5.41) is 7.84. The summed E-state index contributed by atoms with van der Waals surface area (Å²) in [6.07, 6.45) is 0.183. The molecule has 0 radical (unpaired) electrons. The zero-order chi connectivity index (χ0) is 16.0. The summed E-state index contributed by atoms with van der Waals surface area (Å²) in [5.41, 5.74) is 0. The maximum Gasteiger partial charge on any atom is 0.253 e. The summed E-state index contributed by atoms with van der Waals surface area (Å²) < 4.78 is 10.3. The van der Waals surface area contributed by atoms with Crippen LogP contribution in [0.4, 0.5) is 10.2 Å². The lowest BCUT2D eigenvalue weighted by atomic mass is 10.4. The number of hydrogen-bond donors (Lipinski definition) is 3. The van der Waals surface area contributed by atoms with Crippen molar-refractivity contribution in [2.45, 2.75) is 9.96 Å². The van der Waals surface area contributed by atoms with Crippen molar-refractivity contribution in [1.29, 1.82) is 0 Å². The molecule has 0 bridgehead atoms. The third-order valence-corrected chi connectivity index (χ3v) is 3.10. The van der Waals surface area contributed by atoms with Crippen LogP contribution in [0.1, 0.15) is 0 Å². The second kappa shape index (κ2) is 8.14. The van der Waals surface area contributed by atoms with Crippen molar-refractivity contribution >= 4 is 75.5 Å². The highest BCUT2D eigenvalue weighted by molar-refractivity contribution is 7.80. The van der Waals surface area contributed by atoms with E-state index in [9.17, 15) is 9.18 Å². The molecule has 11 heteroatoms. The quantitative estimate of drug-likeness (QED) is 0.417. The second-order valence-electron chi connectivity index (χ2n) is 3.64. The fourth-order valence-corrected chi connectivity index (χ4v) is 1.79. The molecule has 1 unspecified atom stereocenters. The number of anilines is 1. The number of hydrogen-bond acceptors (Lipinski definition) is 3. The van der Waals surface area contributed by atoms with Gasteiger partial charge in [0.2, 0.25) is 3.79 Å². The number of carbonyl (C=O) groups is 1. The minimum Gasteiger partial charge on any atom is -0.339 e. The molecule has 1 heterocycles. The van der Waals surface area contributed by atoms with E-state index in [1.165, 1.54) is 6.20 Å². The lowest BCUT2D eigenvalue weighted by Crippen LogP contribution is -2.56. The highest BCUT2D eigenvalue weighted by atomic mass is 35.6. The Bertz CT molecular complexity index is 511. The van der Waals surface area contributed by atoms with Crippen LogP contribution in [0.5, 0.6) is 0 Å². The minimum absolute atomic E-state index is 0.0142. The molecule has 1 amide bonds. The molecule has 1 aromatic heterocycles. The first-order valence-electron chi connectivity index (χ1n) is 5.33. The van der Waals surface area contributed by atoms with Crippen LogP contribution >= 0.6 is 58.6 Å². The smallest absolute Gasteiger partial charge is 0.253 e. The predicted molar refractivity (Wildman–Crippen MR) is 86.8 cm³/mol. The first-order valence-corrected chi connectivity index (χ1v) is 7.25. The van der Waals surface area contributed by atoms with Gasteiger partial charge < -0.3 is 16.0 Å².